The summed E-state index contributed by atoms with van der Waals surface area (Å²) in [6.07, 6.45) is 4.10. The van der Waals surface area contributed by atoms with Gasteiger partial charge in [0.15, 0.2) is 0 Å². The number of ether oxygens (including phenoxy) is 1. The maximum atomic E-state index is 13.6. The average molecular weight is 528 g/mol. The van der Waals surface area contributed by atoms with Gasteiger partial charge in [0, 0.05) is 12.3 Å². The number of carbonyl (C=O) groups excluding carboxylic acids is 2. The Bertz CT molecular complexity index is 1150. The molecule has 0 fully saturated rings. The SMILES string of the molecule is C=CC[C@H]1C(=O)C(C)(C)[C@@H](O)CC(=O)O[C@H](c2ccc3sc(C)nc3c2)C/C=C(\C)CCC[C@H](C)[C@@H]1O. The average Bonchev–Trinajstić information content (AvgIpc) is 3.22. The Labute approximate surface area is 224 Å². The van der Waals surface area contributed by atoms with Crippen LogP contribution in [0.3, 0.4) is 0 Å². The lowest BCUT2D eigenvalue weighted by molar-refractivity contribution is -0.156. The van der Waals surface area contributed by atoms with Crippen LogP contribution in [0.25, 0.3) is 10.2 Å². The minimum atomic E-state index is -1.25. The molecule has 0 bridgehead atoms. The number of fused-ring (bicyclic) bond motifs is 1. The highest BCUT2D eigenvalue weighted by Gasteiger charge is 2.43. The zero-order valence-corrected chi connectivity index (χ0v) is 23.5. The van der Waals surface area contributed by atoms with Crippen molar-refractivity contribution in [3.63, 3.8) is 0 Å². The van der Waals surface area contributed by atoms with E-state index >= 15 is 0 Å². The number of aryl methyl sites for hydroxylation is 1. The molecular weight excluding hydrogens is 486 g/mol. The number of rotatable bonds is 3. The molecule has 7 heteroatoms. The van der Waals surface area contributed by atoms with E-state index in [-0.39, 0.29) is 18.1 Å². The van der Waals surface area contributed by atoms with Crippen molar-refractivity contribution < 1.29 is 24.5 Å². The van der Waals surface area contributed by atoms with Gasteiger partial charge in [-0.2, -0.15) is 0 Å². The third-order valence-corrected chi connectivity index (χ3v) is 8.61. The van der Waals surface area contributed by atoms with Crippen molar-refractivity contribution in [1.29, 1.82) is 0 Å². The topological polar surface area (TPSA) is 96.7 Å². The first-order chi connectivity index (χ1) is 17.4. The summed E-state index contributed by atoms with van der Waals surface area (Å²) in [7, 11) is 0. The fourth-order valence-electron chi connectivity index (χ4n) is 5.04. The molecule has 202 valence electrons. The molecule has 1 aromatic heterocycles. The van der Waals surface area contributed by atoms with Crippen molar-refractivity contribution >= 4 is 33.3 Å². The van der Waals surface area contributed by atoms with Crippen molar-refractivity contribution in [1.82, 2.24) is 4.98 Å². The second-order valence-electron chi connectivity index (χ2n) is 11.0. The van der Waals surface area contributed by atoms with Gasteiger partial charge in [-0.05, 0) is 63.1 Å². The fourth-order valence-corrected chi connectivity index (χ4v) is 5.84. The van der Waals surface area contributed by atoms with Crippen LogP contribution < -0.4 is 0 Å². The molecule has 37 heavy (non-hydrogen) atoms. The highest BCUT2D eigenvalue weighted by atomic mass is 32.1. The smallest absolute Gasteiger partial charge is 0.309 e. The Hall–Kier alpha value is -2.35. The van der Waals surface area contributed by atoms with Crippen molar-refractivity contribution in [3.05, 3.63) is 53.1 Å². The number of benzene rings is 1. The molecule has 2 heterocycles. The third-order valence-electron chi connectivity index (χ3n) is 7.66. The molecule has 2 N–H and O–H groups in total. The highest BCUT2D eigenvalue weighted by Crippen LogP contribution is 2.35. The van der Waals surface area contributed by atoms with Gasteiger partial charge in [-0.25, -0.2) is 4.98 Å². The number of hydrogen-bond acceptors (Lipinski definition) is 7. The van der Waals surface area contributed by atoms with Crippen LogP contribution in [0.2, 0.25) is 0 Å². The number of aromatic nitrogens is 1. The first kappa shape index (κ1) is 29.2. The molecule has 6 nitrogen and oxygen atoms in total. The zero-order chi connectivity index (χ0) is 27.3. The third kappa shape index (κ3) is 7.15. The van der Waals surface area contributed by atoms with Gasteiger partial charge in [-0.15, -0.1) is 17.9 Å². The summed E-state index contributed by atoms with van der Waals surface area (Å²) in [4.78, 5) is 31.2. The van der Waals surface area contributed by atoms with E-state index in [9.17, 15) is 19.8 Å². The molecule has 1 aromatic carbocycles. The first-order valence-corrected chi connectivity index (χ1v) is 14.0. The maximum Gasteiger partial charge on any atom is 0.309 e. The number of aliphatic hydroxyl groups is 2. The van der Waals surface area contributed by atoms with Gasteiger partial charge in [0.1, 0.15) is 11.9 Å². The Morgan fingerprint density at radius 2 is 1.97 bits per heavy atom. The highest BCUT2D eigenvalue weighted by molar-refractivity contribution is 7.18. The fraction of sp³-hybridized carbons (Fsp3) is 0.567. The number of cyclic esters (lactones) is 1. The minimum absolute atomic E-state index is 0.0893. The molecule has 0 aliphatic carbocycles. The van der Waals surface area contributed by atoms with E-state index in [4.69, 9.17) is 4.74 Å². The van der Waals surface area contributed by atoms with Crippen LogP contribution in [0.5, 0.6) is 0 Å². The van der Waals surface area contributed by atoms with Crippen LogP contribution in [0.15, 0.2) is 42.5 Å². The second kappa shape index (κ2) is 12.5. The molecule has 2 aromatic rings. The minimum Gasteiger partial charge on any atom is -0.457 e. The lowest BCUT2D eigenvalue weighted by atomic mass is 9.71. The van der Waals surface area contributed by atoms with E-state index in [0.29, 0.717) is 12.8 Å². The summed E-state index contributed by atoms with van der Waals surface area (Å²) < 4.78 is 6.99. The van der Waals surface area contributed by atoms with E-state index in [1.54, 1.807) is 31.3 Å². The summed E-state index contributed by atoms with van der Waals surface area (Å²) in [5.41, 5.74) is 1.66. The van der Waals surface area contributed by atoms with Gasteiger partial charge in [-0.1, -0.05) is 44.6 Å². The van der Waals surface area contributed by atoms with Gasteiger partial charge in [-0.3, -0.25) is 9.59 Å². The molecule has 0 saturated heterocycles. The Balaban J connectivity index is 1.93. The molecule has 3 rings (SSSR count). The molecule has 1 aliphatic heterocycles. The summed E-state index contributed by atoms with van der Waals surface area (Å²) in [5, 5.41) is 23.1. The summed E-state index contributed by atoms with van der Waals surface area (Å²) >= 11 is 1.62. The lowest BCUT2D eigenvalue weighted by Gasteiger charge is -2.35. The normalized spacial score (nSPS) is 29.9. The number of thiazole rings is 1. The number of nitrogens with zero attached hydrogens (tertiary/aromatic N) is 1. The van der Waals surface area contributed by atoms with Crippen LogP contribution in [0.1, 0.15) is 82.9 Å². The molecule has 0 unspecified atom stereocenters. The zero-order valence-electron chi connectivity index (χ0n) is 22.7. The number of aliphatic hydroxyl groups excluding tert-OH is 2. The van der Waals surface area contributed by atoms with Gasteiger partial charge >= 0.3 is 5.97 Å². The van der Waals surface area contributed by atoms with Crippen LogP contribution in [0, 0.1) is 24.2 Å². The van der Waals surface area contributed by atoms with Crippen molar-refractivity contribution in [3.8, 4) is 0 Å². The largest absolute Gasteiger partial charge is 0.457 e. The number of ketones is 1. The molecule has 5 atom stereocenters. The van der Waals surface area contributed by atoms with Crippen LogP contribution >= 0.6 is 11.3 Å². The Morgan fingerprint density at radius 1 is 1.24 bits per heavy atom. The summed E-state index contributed by atoms with van der Waals surface area (Å²) in [6.45, 7) is 13.0. The number of carbonyl (C=O) groups is 2. The van der Waals surface area contributed by atoms with Crippen LogP contribution in [0.4, 0.5) is 0 Å². The van der Waals surface area contributed by atoms with Gasteiger partial charge < -0.3 is 14.9 Å². The van der Waals surface area contributed by atoms with Crippen LogP contribution in [-0.4, -0.2) is 39.2 Å². The van der Waals surface area contributed by atoms with E-state index in [1.165, 1.54) is 5.57 Å². The quantitative estimate of drug-likeness (QED) is 0.362. The van der Waals surface area contributed by atoms with Crippen molar-refractivity contribution in [2.24, 2.45) is 17.3 Å². The standard InChI is InChI=1S/C30H41NO5S/c1-7-9-22-28(34)19(3)11-8-10-18(2)12-14-24(21-13-15-25-23(16-21)31-20(4)37-25)36-27(33)17-26(32)30(5,6)29(22)35/h7,12-13,15-16,19,22,24,26,28,32,34H,1,8-11,14,17H2,2-6H3/b18-12+/t19-,22+,24-,26-,28-/m0/s1. The molecule has 0 saturated carbocycles. The molecule has 1 aliphatic rings. The monoisotopic (exact) mass is 527 g/mol. The molecule has 0 radical (unpaired) electrons. The van der Waals surface area contributed by atoms with Crippen molar-refractivity contribution in [2.45, 2.75) is 91.5 Å². The van der Waals surface area contributed by atoms with Gasteiger partial charge in [0.25, 0.3) is 0 Å². The Morgan fingerprint density at radius 3 is 2.68 bits per heavy atom. The van der Waals surface area contributed by atoms with E-state index in [2.05, 4.69) is 24.6 Å². The summed E-state index contributed by atoms with van der Waals surface area (Å²) in [6, 6.07) is 5.93. The second-order valence-corrected chi connectivity index (χ2v) is 12.3. The number of hydrogen-bond donors (Lipinski definition) is 2. The van der Waals surface area contributed by atoms with Gasteiger partial charge in [0.05, 0.1) is 39.3 Å². The first-order valence-electron chi connectivity index (χ1n) is 13.2. The van der Waals surface area contributed by atoms with E-state index in [0.717, 1.165) is 40.1 Å². The van der Waals surface area contributed by atoms with E-state index < -0.39 is 35.6 Å². The summed E-state index contributed by atoms with van der Waals surface area (Å²) in [5.74, 6) is -1.62. The number of allylic oxidation sites excluding steroid dienone is 2. The molecule has 0 amide bonds. The predicted octanol–water partition coefficient (Wildman–Crippen LogP) is 6.24. The Kier molecular flexibility index (Phi) is 9.84. The maximum absolute atomic E-state index is 13.6. The number of esters is 1. The molecule has 0 spiro atoms. The molecular formula is C30H41NO5S. The number of Topliss-reactive ketones (excluding diaryl/α,β-unsaturated/α-hetero) is 1. The predicted molar refractivity (Wildman–Crippen MR) is 148 cm³/mol. The van der Waals surface area contributed by atoms with Crippen LogP contribution in [-0.2, 0) is 14.3 Å². The van der Waals surface area contributed by atoms with Gasteiger partial charge in [0.2, 0.25) is 0 Å². The lowest BCUT2D eigenvalue weighted by Crippen LogP contribution is -2.46. The van der Waals surface area contributed by atoms with Crippen molar-refractivity contribution in [2.75, 3.05) is 0 Å². The van der Waals surface area contributed by atoms with E-state index in [1.807, 2.05) is 32.0 Å².